The minimum Gasteiger partial charge on any atom is -0.464 e. The molecule has 1 atom stereocenters. The smallest absolute Gasteiger partial charge is 0.356 e. The van der Waals surface area contributed by atoms with E-state index < -0.39 is 11.9 Å². The summed E-state index contributed by atoms with van der Waals surface area (Å²) in [6, 6.07) is 8.51. The highest BCUT2D eigenvalue weighted by Crippen LogP contribution is 2.23. The van der Waals surface area contributed by atoms with Crippen molar-refractivity contribution in [2.75, 3.05) is 7.11 Å². The molecular weight excluding hydrogens is 311 g/mol. The van der Waals surface area contributed by atoms with E-state index >= 15 is 0 Å². The van der Waals surface area contributed by atoms with Crippen LogP contribution in [0.25, 0.3) is 0 Å². The van der Waals surface area contributed by atoms with Gasteiger partial charge in [0, 0.05) is 29.8 Å². The Bertz CT molecular complexity index is 708. The normalized spacial score (nSPS) is 17.5. The summed E-state index contributed by atoms with van der Waals surface area (Å²) in [6.45, 7) is 1.86. The van der Waals surface area contributed by atoms with E-state index in [0.29, 0.717) is 5.56 Å². The van der Waals surface area contributed by atoms with E-state index in [1.165, 1.54) is 19.4 Å². The summed E-state index contributed by atoms with van der Waals surface area (Å²) in [6.07, 6.45) is 4.62. The van der Waals surface area contributed by atoms with E-state index in [1.54, 1.807) is 36.4 Å². The fraction of sp³-hybridized carbons (Fsp3) is 0.222. The monoisotopic (exact) mass is 330 g/mol. The summed E-state index contributed by atoms with van der Waals surface area (Å²) < 4.78 is 17.9. The summed E-state index contributed by atoms with van der Waals surface area (Å²) >= 11 is 0. The van der Waals surface area contributed by atoms with Crippen LogP contribution in [0.3, 0.4) is 0 Å². The first-order valence-electron chi connectivity index (χ1n) is 7.49. The quantitative estimate of drug-likeness (QED) is 0.643. The van der Waals surface area contributed by atoms with E-state index in [-0.39, 0.29) is 23.9 Å². The van der Waals surface area contributed by atoms with Crippen LogP contribution in [0.2, 0.25) is 0 Å². The Morgan fingerprint density at radius 1 is 1.25 bits per heavy atom. The second-order valence-corrected chi connectivity index (χ2v) is 5.35. The van der Waals surface area contributed by atoms with Crippen LogP contribution in [0.15, 0.2) is 65.9 Å². The van der Waals surface area contributed by atoms with Gasteiger partial charge in [0.05, 0.1) is 7.11 Å². The number of esters is 1. The summed E-state index contributed by atoms with van der Waals surface area (Å²) in [5, 5.41) is 5.45. The lowest BCUT2D eigenvalue weighted by Crippen LogP contribution is -2.30. The molecule has 0 spiro atoms. The number of hydrogen-bond donors (Lipinski definition) is 2. The van der Waals surface area contributed by atoms with Crippen molar-refractivity contribution in [2.45, 2.75) is 13.3 Å². The third-order valence-electron chi connectivity index (χ3n) is 3.55. The zero-order valence-electron chi connectivity index (χ0n) is 13.5. The molecule has 1 aliphatic carbocycles. The Balaban J connectivity index is 2.14. The molecule has 1 aromatic rings. The molecule has 1 aliphatic rings. The number of allylic oxidation sites excluding steroid dienone is 4. The van der Waals surface area contributed by atoms with Gasteiger partial charge in [0.1, 0.15) is 11.5 Å². The highest BCUT2D eigenvalue weighted by atomic mass is 19.1. The maximum absolute atomic E-state index is 13.2. The van der Waals surface area contributed by atoms with Crippen LogP contribution >= 0.6 is 0 Å². The maximum Gasteiger partial charge on any atom is 0.356 e. The van der Waals surface area contributed by atoms with E-state index in [4.69, 9.17) is 0 Å². The van der Waals surface area contributed by atoms with Gasteiger partial charge in [0.2, 0.25) is 0 Å². The van der Waals surface area contributed by atoms with Gasteiger partial charge in [-0.05, 0) is 24.3 Å². The van der Waals surface area contributed by atoms with Crippen molar-refractivity contribution >= 4 is 11.9 Å². The molecule has 0 aromatic heterocycles. The van der Waals surface area contributed by atoms with Crippen molar-refractivity contribution in [3.8, 4) is 0 Å². The van der Waals surface area contributed by atoms with Gasteiger partial charge in [0.25, 0.3) is 5.91 Å². The molecule has 5 nitrogen and oxygen atoms in total. The SMILES string of the molecule is COC(=O)/C(=C\NC1=CC=C(F)CC1C)NC(=O)c1ccccc1. The maximum atomic E-state index is 13.2. The van der Waals surface area contributed by atoms with Gasteiger partial charge in [-0.15, -0.1) is 0 Å². The zero-order valence-corrected chi connectivity index (χ0v) is 13.5. The Kier molecular flexibility index (Phi) is 5.89. The highest BCUT2D eigenvalue weighted by molar-refractivity contribution is 6.00. The minimum atomic E-state index is -0.683. The van der Waals surface area contributed by atoms with Gasteiger partial charge in [-0.2, -0.15) is 0 Å². The van der Waals surface area contributed by atoms with Gasteiger partial charge in [0.15, 0.2) is 0 Å². The Morgan fingerprint density at radius 3 is 2.58 bits per heavy atom. The molecule has 0 bridgehead atoms. The van der Waals surface area contributed by atoms with Crippen molar-refractivity contribution < 1.29 is 18.7 Å². The number of halogens is 1. The number of ether oxygens (including phenoxy) is 1. The van der Waals surface area contributed by atoms with Gasteiger partial charge >= 0.3 is 5.97 Å². The van der Waals surface area contributed by atoms with Crippen LogP contribution in [0.1, 0.15) is 23.7 Å². The summed E-state index contributed by atoms with van der Waals surface area (Å²) in [4.78, 5) is 24.0. The first-order valence-corrected chi connectivity index (χ1v) is 7.49. The molecule has 0 radical (unpaired) electrons. The molecule has 24 heavy (non-hydrogen) atoms. The van der Waals surface area contributed by atoms with Crippen molar-refractivity contribution in [1.82, 2.24) is 10.6 Å². The lowest BCUT2D eigenvalue weighted by Gasteiger charge is -2.19. The minimum absolute atomic E-state index is 0.0329. The van der Waals surface area contributed by atoms with E-state index in [2.05, 4.69) is 15.4 Å². The molecule has 0 aliphatic heterocycles. The zero-order chi connectivity index (χ0) is 17.5. The second kappa shape index (κ2) is 8.10. The first kappa shape index (κ1) is 17.5. The number of rotatable bonds is 5. The number of hydrogen-bond acceptors (Lipinski definition) is 4. The Hall–Kier alpha value is -2.89. The van der Waals surface area contributed by atoms with Crippen LogP contribution < -0.4 is 10.6 Å². The molecule has 126 valence electrons. The van der Waals surface area contributed by atoms with Crippen LogP contribution in [0.4, 0.5) is 4.39 Å². The van der Waals surface area contributed by atoms with Crippen molar-refractivity contribution in [3.63, 3.8) is 0 Å². The lowest BCUT2D eigenvalue weighted by atomic mass is 9.98. The molecule has 0 fully saturated rings. The van der Waals surface area contributed by atoms with Gasteiger partial charge in [-0.25, -0.2) is 9.18 Å². The molecule has 0 saturated carbocycles. The van der Waals surface area contributed by atoms with Gasteiger partial charge in [-0.3, -0.25) is 4.79 Å². The number of carbonyl (C=O) groups excluding carboxylic acids is 2. The average molecular weight is 330 g/mol. The molecule has 1 aromatic carbocycles. The fourth-order valence-electron chi connectivity index (χ4n) is 2.20. The molecule has 1 amide bonds. The number of carbonyl (C=O) groups is 2. The van der Waals surface area contributed by atoms with Crippen LogP contribution in [-0.4, -0.2) is 19.0 Å². The summed E-state index contributed by atoms with van der Waals surface area (Å²) in [5.74, 6) is -1.36. The van der Waals surface area contributed by atoms with Gasteiger partial charge < -0.3 is 15.4 Å². The number of amides is 1. The predicted octanol–water partition coefficient (Wildman–Crippen LogP) is 2.80. The third kappa shape index (κ3) is 4.55. The molecular formula is C18H19FN2O3. The topological polar surface area (TPSA) is 67.4 Å². The predicted molar refractivity (Wildman–Crippen MR) is 88.2 cm³/mol. The third-order valence-corrected chi connectivity index (χ3v) is 3.55. The van der Waals surface area contributed by atoms with E-state index in [0.717, 1.165) is 5.70 Å². The Morgan fingerprint density at radius 2 is 1.96 bits per heavy atom. The van der Waals surface area contributed by atoms with E-state index in [9.17, 15) is 14.0 Å². The molecule has 2 N–H and O–H groups in total. The molecule has 0 heterocycles. The van der Waals surface area contributed by atoms with Crippen molar-refractivity contribution in [2.24, 2.45) is 5.92 Å². The molecule has 6 heteroatoms. The number of benzene rings is 1. The lowest BCUT2D eigenvalue weighted by molar-refractivity contribution is -0.136. The fourth-order valence-corrected chi connectivity index (χ4v) is 2.20. The van der Waals surface area contributed by atoms with E-state index in [1.807, 2.05) is 6.92 Å². The second-order valence-electron chi connectivity index (χ2n) is 5.35. The van der Waals surface area contributed by atoms with Gasteiger partial charge in [-0.1, -0.05) is 25.1 Å². The first-order chi connectivity index (χ1) is 11.5. The number of nitrogens with one attached hydrogen (secondary N) is 2. The number of methoxy groups -OCH3 is 1. The standard InChI is InChI=1S/C18H19FN2O3/c1-12-10-14(19)8-9-15(12)20-11-16(18(23)24-2)21-17(22)13-6-4-3-5-7-13/h3-9,11-12,20H,10H2,1-2H3,(H,21,22)/b16-11+. The molecule has 0 saturated heterocycles. The van der Waals surface area contributed by atoms with Crippen LogP contribution in [0, 0.1) is 5.92 Å². The molecule has 1 unspecified atom stereocenters. The average Bonchev–Trinajstić information content (AvgIpc) is 2.59. The summed E-state index contributed by atoms with van der Waals surface area (Å²) in [7, 11) is 1.23. The van der Waals surface area contributed by atoms with Crippen molar-refractivity contribution in [3.05, 3.63) is 71.5 Å². The van der Waals surface area contributed by atoms with Crippen molar-refractivity contribution in [1.29, 1.82) is 0 Å². The van der Waals surface area contributed by atoms with Crippen LogP contribution in [-0.2, 0) is 9.53 Å². The highest BCUT2D eigenvalue weighted by Gasteiger charge is 2.17. The Labute approximate surface area is 139 Å². The largest absolute Gasteiger partial charge is 0.464 e. The summed E-state index contributed by atoms with van der Waals surface area (Å²) in [5.41, 5.74) is 1.13. The van der Waals surface area contributed by atoms with Crippen LogP contribution in [0.5, 0.6) is 0 Å². The molecule has 2 rings (SSSR count).